The molecule has 2 aliphatic rings. The summed E-state index contributed by atoms with van der Waals surface area (Å²) in [5, 5.41) is 0. The molecule has 0 N–H and O–H groups in total. The van der Waals surface area contributed by atoms with Crippen molar-refractivity contribution < 1.29 is 4.79 Å². The van der Waals surface area contributed by atoms with Crippen LogP contribution in [0.1, 0.15) is 46.0 Å². The van der Waals surface area contributed by atoms with Gasteiger partial charge in [-0.2, -0.15) is 0 Å². The van der Waals surface area contributed by atoms with Crippen molar-refractivity contribution in [3.63, 3.8) is 0 Å². The Bertz CT molecular complexity index is 297. The number of rotatable bonds is 1. The summed E-state index contributed by atoms with van der Waals surface area (Å²) in [7, 11) is 0. The fourth-order valence-electron chi connectivity index (χ4n) is 3.16. The minimum Gasteiger partial charge on any atom is -0.300 e. The van der Waals surface area contributed by atoms with Gasteiger partial charge in [-0.15, -0.1) is 6.42 Å². The number of terminal acetylenes is 1. The van der Waals surface area contributed by atoms with Crippen LogP contribution in [-0.2, 0) is 4.79 Å². The highest BCUT2D eigenvalue weighted by Gasteiger charge is 2.43. The third kappa shape index (κ3) is 1.81. The molecule has 0 spiro atoms. The van der Waals surface area contributed by atoms with E-state index in [2.05, 4.69) is 24.7 Å². The van der Waals surface area contributed by atoms with Crippen LogP contribution in [0.3, 0.4) is 0 Å². The molecule has 0 aromatic rings. The predicted molar refractivity (Wildman–Crippen MR) is 60.4 cm³/mol. The van der Waals surface area contributed by atoms with Crippen molar-refractivity contribution in [2.24, 2.45) is 0 Å². The minimum atomic E-state index is -0.198. The summed E-state index contributed by atoms with van der Waals surface area (Å²) in [6, 6.07) is 0.798. The number of fused-ring (bicyclic) bond motifs is 2. The number of carbonyl (C=O) groups is 1. The van der Waals surface area contributed by atoms with E-state index in [-0.39, 0.29) is 5.54 Å². The van der Waals surface area contributed by atoms with Crippen LogP contribution < -0.4 is 0 Å². The molecule has 82 valence electrons. The molecule has 2 saturated heterocycles. The first-order valence-corrected chi connectivity index (χ1v) is 5.82. The van der Waals surface area contributed by atoms with Gasteiger partial charge < -0.3 is 0 Å². The molecule has 15 heavy (non-hydrogen) atoms. The molecule has 0 aliphatic carbocycles. The van der Waals surface area contributed by atoms with Crippen LogP contribution in [0.25, 0.3) is 0 Å². The van der Waals surface area contributed by atoms with Gasteiger partial charge in [-0.1, -0.05) is 12.3 Å². The largest absolute Gasteiger partial charge is 0.300 e. The highest BCUT2D eigenvalue weighted by atomic mass is 16.1. The Hall–Kier alpha value is -0.810. The van der Waals surface area contributed by atoms with Crippen molar-refractivity contribution in [2.45, 2.75) is 63.6 Å². The molecule has 0 amide bonds. The Labute approximate surface area is 92.0 Å². The average Bonchev–Trinajstić information content (AvgIpc) is 2.16. The van der Waals surface area contributed by atoms with Gasteiger partial charge in [-0.3, -0.25) is 9.69 Å². The summed E-state index contributed by atoms with van der Waals surface area (Å²) < 4.78 is 0. The molecule has 2 atom stereocenters. The second-order valence-corrected chi connectivity index (χ2v) is 5.30. The minimum absolute atomic E-state index is 0.198. The molecule has 2 aliphatic heterocycles. The molecule has 2 rings (SSSR count). The molecule has 2 heterocycles. The molecule has 2 fully saturated rings. The van der Waals surface area contributed by atoms with Crippen LogP contribution in [0, 0.1) is 12.3 Å². The van der Waals surface area contributed by atoms with E-state index in [1.807, 2.05) is 0 Å². The van der Waals surface area contributed by atoms with Crippen LogP contribution in [0.15, 0.2) is 0 Å². The molecule has 0 aromatic heterocycles. The van der Waals surface area contributed by atoms with E-state index in [0.29, 0.717) is 30.7 Å². The molecular formula is C13H19NO. The van der Waals surface area contributed by atoms with E-state index in [9.17, 15) is 4.79 Å². The van der Waals surface area contributed by atoms with Crippen LogP contribution in [0.2, 0.25) is 0 Å². The Morgan fingerprint density at radius 2 is 1.87 bits per heavy atom. The highest BCUT2D eigenvalue weighted by molar-refractivity contribution is 5.80. The van der Waals surface area contributed by atoms with E-state index in [0.717, 1.165) is 12.8 Å². The molecule has 0 radical (unpaired) electrons. The van der Waals surface area contributed by atoms with Crippen LogP contribution in [0.5, 0.6) is 0 Å². The summed E-state index contributed by atoms with van der Waals surface area (Å²) in [6.07, 6.45) is 10.5. The molecule has 2 unspecified atom stereocenters. The Kier molecular flexibility index (Phi) is 2.60. The lowest BCUT2D eigenvalue weighted by Crippen LogP contribution is -2.60. The summed E-state index contributed by atoms with van der Waals surface area (Å²) >= 11 is 0. The quantitative estimate of drug-likeness (QED) is 0.610. The lowest BCUT2D eigenvalue weighted by atomic mass is 9.80. The van der Waals surface area contributed by atoms with Gasteiger partial charge in [0.15, 0.2) is 0 Å². The fraction of sp³-hybridized carbons (Fsp3) is 0.769. The summed E-state index contributed by atoms with van der Waals surface area (Å²) in [5.41, 5.74) is -0.198. The van der Waals surface area contributed by atoms with Gasteiger partial charge in [0.1, 0.15) is 5.78 Å². The van der Waals surface area contributed by atoms with E-state index in [4.69, 9.17) is 6.42 Å². The normalized spacial score (nSPS) is 32.5. The first-order chi connectivity index (χ1) is 7.04. The molecule has 0 aromatic carbocycles. The predicted octanol–water partition coefficient (Wildman–Crippen LogP) is 1.98. The smallest absolute Gasteiger partial charge is 0.136 e. The Balaban J connectivity index is 2.25. The lowest BCUT2D eigenvalue weighted by molar-refractivity contribution is -0.129. The van der Waals surface area contributed by atoms with Crippen molar-refractivity contribution in [2.75, 3.05) is 0 Å². The monoisotopic (exact) mass is 205 g/mol. The molecular weight excluding hydrogens is 186 g/mol. The van der Waals surface area contributed by atoms with Crippen LogP contribution >= 0.6 is 0 Å². The third-order valence-corrected chi connectivity index (χ3v) is 3.79. The average molecular weight is 205 g/mol. The Morgan fingerprint density at radius 1 is 1.33 bits per heavy atom. The number of hydrogen-bond donors (Lipinski definition) is 0. The highest BCUT2D eigenvalue weighted by Crippen LogP contribution is 2.37. The van der Waals surface area contributed by atoms with Crippen molar-refractivity contribution in [1.82, 2.24) is 4.90 Å². The number of piperidine rings is 2. The number of hydrogen-bond acceptors (Lipinski definition) is 2. The van der Waals surface area contributed by atoms with Crippen molar-refractivity contribution in [3.8, 4) is 12.3 Å². The van der Waals surface area contributed by atoms with Crippen molar-refractivity contribution in [1.29, 1.82) is 0 Å². The van der Waals surface area contributed by atoms with Crippen LogP contribution in [-0.4, -0.2) is 28.3 Å². The lowest BCUT2D eigenvalue weighted by Gasteiger charge is -2.51. The second-order valence-electron chi connectivity index (χ2n) is 5.30. The molecule has 2 nitrogen and oxygen atoms in total. The van der Waals surface area contributed by atoms with Gasteiger partial charge in [-0.25, -0.2) is 0 Å². The molecule has 0 saturated carbocycles. The number of carbonyl (C=O) groups excluding carboxylic acids is 1. The number of Topliss-reactive ketones (excluding diaryl/α,β-unsaturated/α-hetero) is 1. The number of ketones is 1. The maximum absolute atomic E-state index is 11.6. The summed E-state index contributed by atoms with van der Waals surface area (Å²) in [6.45, 7) is 4.18. The van der Waals surface area contributed by atoms with E-state index >= 15 is 0 Å². The number of nitrogens with zero attached hydrogens (tertiary/aromatic N) is 1. The van der Waals surface area contributed by atoms with Gasteiger partial charge in [0.05, 0.1) is 5.54 Å². The van der Waals surface area contributed by atoms with Crippen molar-refractivity contribution >= 4 is 5.78 Å². The van der Waals surface area contributed by atoms with E-state index < -0.39 is 0 Å². The zero-order valence-electron chi connectivity index (χ0n) is 9.62. The van der Waals surface area contributed by atoms with Gasteiger partial charge >= 0.3 is 0 Å². The topological polar surface area (TPSA) is 20.3 Å². The summed E-state index contributed by atoms with van der Waals surface area (Å²) in [5.74, 6) is 3.29. The molecule has 2 bridgehead atoms. The second kappa shape index (κ2) is 3.64. The fourth-order valence-corrected chi connectivity index (χ4v) is 3.16. The Morgan fingerprint density at radius 3 is 2.33 bits per heavy atom. The summed E-state index contributed by atoms with van der Waals surface area (Å²) in [4.78, 5) is 14.0. The maximum Gasteiger partial charge on any atom is 0.136 e. The zero-order valence-corrected chi connectivity index (χ0v) is 9.62. The van der Waals surface area contributed by atoms with Crippen LogP contribution in [0.4, 0.5) is 0 Å². The molecule has 2 heteroatoms. The van der Waals surface area contributed by atoms with E-state index in [1.54, 1.807) is 0 Å². The zero-order chi connectivity index (χ0) is 11.1. The first-order valence-electron chi connectivity index (χ1n) is 5.82. The van der Waals surface area contributed by atoms with Gasteiger partial charge in [0.25, 0.3) is 0 Å². The SMILES string of the molecule is C#CC(C)(C)N1C2CCCC1CC(=O)C2. The van der Waals surface area contributed by atoms with Gasteiger partial charge in [0, 0.05) is 24.9 Å². The van der Waals surface area contributed by atoms with E-state index in [1.165, 1.54) is 6.42 Å². The van der Waals surface area contributed by atoms with Crippen molar-refractivity contribution in [3.05, 3.63) is 0 Å². The first kappa shape index (κ1) is 10.7. The maximum atomic E-state index is 11.6. The third-order valence-electron chi connectivity index (χ3n) is 3.79. The van der Waals surface area contributed by atoms with Gasteiger partial charge in [-0.05, 0) is 26.7 Å². The standard InChI is InChI=1S/C13H19NO/c1-4-13(2,3)14-10-6-5-7-11(14)9-12(15)8-10/h1,10-11H,5-9H2,2-3H3. The van der Waals surface area contributed by atoms with Gasteiger partial charge in [0.2, 0.25) is 0 Å².